The van der Waals surface area contributed by atoms with Crippen LogP contribution in [0.3, 0.4) is 0 Å². The van der Waals surface area contributed by atoms with Gasteiger partial charge in [0.05, 0.1) is 0 Å². The van der Waals surface area contributed by atoms with E-state index in [1.807, 2.05) is 20.0 Å². The Morgan fingerprint density at radius 3 is 2.57 bits per heavy atom. The zero-order chi connectivity index (χ0) is 15.4. The van der Waals surface area contributed by atoms with Gasteiger partial charge in [0.2, 0.25) is 0 Å². The summed E-state index contributed by atoms with van der Waals surface area (Å²) in [5, 5.41) is 1.17. The van der Waals surface area contributed by atoms with Crippen LogP contribution in [0.25, 0.3) is 10.8 Å². The summed E-state index contributed by atoms with van der Waals surface area (Å²) in [5.74, 6) is 0.670. The Hall–Kier alpha value is -1.55. The summed E-state index contributed by atoms with van der Waals surface area (Å²) in [6, 6.07) is 10.2. The lowest BCUT2D eigenvalue weighted by Crippen LogP contribution is -2.35. The molecule has 0 heterocycles. The molecule has 0 aliphatic heterocycles. The van der Waals surface area contributed by atoms with Gasteiger partial charge in [0.15, 0.2) is 0 Å². The average Bonchev–Trinajstić information content (AvgIpc) is 2.52. The largest absolute Gasteiger partial charge is 0.339 e. The van der Waals surface area contributed by atoms with Crippen molar-refractivity contribution in [1.82, 2.24) is 4.90 Å². The molecule has 2 aromatic rings. The highest BCUT2D eigenvalue weighted by molar-refractivity contribution is 7.98. The fourth-order valence-electron chi connectivity index (χ4n) is 2.32. The Bertz CT molecular complexity index is 644. The van der Waals surface area contributed by atoms with Gasteiger partial charge in [-0.25, -0.2) is 4.39 Å². The van der Waals surface area contributed by atoms with Gasteiger partial charge < -0.3 is 4.90 Å². The van der Waals surface area contributed by atoms with Gasteiger partial charge in [-0.3, -0.25) is 4.79 Å². The van der Waals surface area contributed by atoms with Crippen molar-refractivity contribution in [2.45, 2.75) is 19.4 Å². The molecule has 4 heteroatoms. The molecule has 0 spiro atoms. The zero-order valence-corrected chi connectivity index (χ0v) is 13.4. The van der Waals surface area contributed by atoms with Gasteiger partial charge >= 0.3 is 0 Å². The Labute approximate surface area is 129 Å². The van der Waals surface area contributed by atoms with Crippen LogP contribution in [0.4, 0.5) is 4.39 Å². The molecule has 0 bridgehead atoms. The SMILES string of the molecule is CSCCC(C)N(C)C(=O)c1ccc(F)c2ccccc12. The first-order valence-corrected chi connectivity index (χ1v) is 8.39. The second-order valence-corrected chi connectivity index (χ2v) is 6.17. The number of hydrogen-bond acceptors (Lipinski definition) is 2. The predicted octanol–water partition coefficient (Wildman–Crippen LogP) is 4.19. The van der Waals surface area contributed by atoms with Crippen LogP contribution in [0.2, 0.25) is 0 Å². The topological polar surface area (TPSA) is 20.3 Å². The highest BCUT2D eigenvalue weighted by Gasteiger charge is 2.19. The Morgan fingerprint density at radius 2 is 1.90 bits per heavy atom. The molecule has 0 aromatic heterocycles. The minimum atomic E-state index is -0.291. The Balaban J connectivity index is 2.33. The number of carbonyl (C=O) groups is 1. The molecule has 0 saturated heterocycles. The third-order valence-electron chi connectivity index (χ3n) is 3.82. The van der Waals surface area contributed by atoms with Crippen LogP contribution in [0.1, 0.15) is 23.7 Å². The molecule has 0 aliphatic carbocycles. The number of fused-ring (bicyclic) bond motifs is 1. The summed E-state index contributed by atoms with van der Waals surface area (Å²) in [5.41, 5.74) is 0.561. The van der Waals surface area contributed by atoms with Crippen LogP contribution in [-0.2, 0) is 0 Å². The number of benzene rings is 2. The summed E-state index contributed by atoms with van der Waals surface area (Å²) in [6.07, 6.45) is 3.00. The van der Waals surface area contributed by atoms with Crippen molar-refractivity contribution >= 4 is 28.4 Å². The van der Waals surface area contributed by atoms with Crippen LogP contribution >= 0.6 is 11.8 Å². The molecule has 2 rings (SSSR count). The monoisotopic (exact) mass is 305 g/mol. The molecular formula is C17H20FNOS. The van der Waals surface area contributed by atoms with E-state index in [2.05, 4.69) is 6.26 Å². The maximum atomic E-state index is 13.8. The molecular weight excluding hydrogens is 285 g/mol. The molecule has 0 aliphatic rings. The van der Waals surface area contributed by atoms with E-state index >= 15 is 0 Å². The number of amides is 1. The molecule has 0 saturated carbocycles. The summed E-state index contributed by atoms with van der Waals surface area (Å²) in [4.78, 5) is 14.4. The first kappa shape index (κ1) is 15.8. The Kier molecular flexibility index (Phi) is 5.23. The van der Waals surface area contributed by atoms with E-state index in [-0.39, 0.29) is 17.8 Å². The van der Waals surface area contributed by atoms with Gasteiger partial charge in [-0.05, 0) is 42.9 Å². The zero-order valence-electron chi connectivity index (χ0n) is 12.6. The molecule has 1 amide bonds. The van der Waals surface area contributed by atoms with Crippen molar-refractivity contribution in [1.29, 1.82) is 0 Å². The van der Waals surface area contributed by atoms with Gasteiger partial charge in [0, 0.05) is 24.0 Å². The van der Waals surface area contributed by atoms with Crippen molar-refractivity contribution in [3.05, 3.63) is 47.8 Å². The second-order valence-electron chi connectivity index (χ2n) is 5.19. The minimum Gasteiger partial charge on any atom is -0.339 e. The summed E-state index contributed by atoms with van der Waals surface area (Å²) >= 11 is 1.77. The van der Waals surface area contributed by atoms with Crippen LogP contribution in [0.5, 0.6) is 0 Å². The number of carbonyl (C=O) groups excluding carboxylic acids is 1. The molecule has 0 radical (unpaired) electrons. The molecule has 0 fully saturated rings. The van der Waals surface area contributed by atoms with Gasteiger partial charge in [0.1, 0.15) is 5.82 Å². The fourth-order valence-corrected chi connectivity index (χ4v) is 2.90. The van der Waals surface area contributed by atoms with E-state index in [4.69, 9.17) is 0 Å². The highest BCUT2D eigenvalue weighted by Crippen LogP contribution is 2.23. The van der Waals surface area contributed by atoms with Crippen LogP contribution < -0.4 is 0 Å². The lowest BCUT2D eigenvalue weighted by Gasteiger charge is -2.25. The first-order valence-electron chi connectivity index (χ1n) is 6.99. The van der Waals surface area contributed by atoms with E-state index < -0.39 is 0 Å². The molecule has 21 heavy (non-hydrogen) atoms. The lowest BCUT2D eigenvalue weighted by molar-refractivity contribution is 0.0743. The highest BCUT2D eigenvalue weighted by atomic mass is 32.2. The van der Waals surface area contributed by atoms with Crippen LogP contribution in [0.15, 0.2) is 36.4 Å². The molecule has 112 valence electrons. The van der Waals surface area contributed by atoms with Gasteiger partial charge in [0.25, 0.3) is 5.91 Å². The van der Waals surface area contributed by atoms with Crippen molar-refractivity contribution in [3.8, 4) is 0 Å². The van der Waals surface area contributed by atoms with Crippen LogP contribution in [0, 0.1) is 5.82 Å². The summed E-state index contributed by atoms with van der Waals surface area (Å²) in [6.45, 7) is 2.04. The molecule has 2 aromatic carbocycles. The number of nitrogens with zero attached hydrogens (tertiary/aromatic N) is 1. The van der Waals surface area contributed by atoms with Crippen molar-refractivity contribution in [2.24, 2.45) is 0 Å². The molecule has 2 nitrogen and oxygen atoms in total. The van der Waals surface area contributed by atoms with E-state index in [1.54, 1.807) is 40.9 Å². The van der Waals surface area contributed by atoms with Gasteiger partial charge in [-0.1, -0.05) is 24.3 Å². The predicted molar refractivity (Wildman–Crippen MR) is 88.5 cm³/mol. The smallest absolute Gasteiger partial charge is 0.254 e. The van der Waals surface area contributed by atoms with Crippen molar-refractivity contribution in [2.75, 3.05) is 19.1 Å². The van der Waals surface area contributed by atoms with Crippen molar-refractivity contribution in [3.63, 3.8) is 0 Å². The number of hydrogen-bond donors (Lipinski definition) is 0. The van der Waals surface area contributed by atoms with E-state index in [9.17, 15) is 9.18 Å². The third kappa shape index (κ3) is 3.38. The third-order valence-corrected chi connectivity index (χ3v) is 4.47. The average molecular weight is 305 g/mol. The maximum absolute atomic E-state index is 13.8. The van der Waals surface area contributed by atoms with Gasteiger partial charge in [-0.2, -0.15) is 11.8 Å². The summed E-state index contributed by atoms with van der Waals surface area (Å²) < 4.78 is 13.8. The van der Waals surface area contributed by atoms with E-state index in [0.717, 1.165) is 12.2 Å². The van der Waals surface area contributed by atoms with E-state index in [1.165, 1.54) is 6.07 Å². The fraction of sp³-hybridized carbons (Fsp3) is 0.353. The van der Waals surface area contributed by atoms with Crippen molar-refractivity contribution < 1.29 is 9.18 Å². The quantitative estimate of drug-likeness (QED) is 0.825. The minimum absolute atomic E-state index is 0.0557. The maximum Gasteiger partial charge on any atom is 0.254 e. The van der Waals surface area contributed by atoms with Crippen LogP contribution in [-0.4, -0.2) is 35.9 Å². The number of rotatable bonds is 5. The second kappa shape index (κ2) is 6.94. The summed E-state index contributed by atoms with van der Waals surface area (Å²) in [7, 11) is 1.81. The Morgan fingerprint density at radius 1 is 1.24 bits per heavy atom. The number of thioether (sulfide) groups is 1. The normalized spacial score (nSPS) is 12.4. The first-order chi connectivity index (χ1) is 10.1. The number of halogens is 1. The van der Waals surface area contributed by atoms with E-state index in [0.29, 0.717) is 16.3 Å². The van der Waals surface area contributed by atoms with Gasteiger partial charge in [-0.15, -0.1) is 0 Å². The standard InChI is InChI=1S/C17H20FNOS/c1-12(10-11-21-3)19(2)17(20)15-8-9-16(18)14-7-5-4-6-13(14)15/h4-9,12H,10-11H2,1-3H3. The molecule has 1 atom stereocenters. The molecule has 0 N–H and O–H groups in total. The molecule has 1 unspecified atom stereocenters. The lowest BCUT2D eigenvalue weighted by atomic mass is 10.0.